The van der Waals surface area contributed by atoms with E-state index in [4.69, 9.17) is 27.9 Å². The molecule has 0 fully saturated rings. The van der Waals surface area contributed by atoms with Gasteiger partial charge >= 0.3 is 0 Å². The minimum absolute atomic E-state index is 0.110. The van der Waals surface area contributed by atoms with E-state index in [9.17, 15) is 0 Å². The van der Waals surface area contributed by atoms with Crippen molar-refractivity contribution in [1.29, 1.82) is 0 Å². The summed E-state index contributed by atoms with van der Waals surface area (Å²) in [5.74, 6) is 0.505. The smallest absolute Gasteiger partial charge is 0.231 e. The maximum absolute atomic E-state index is 5.81. The van der Waals surface area contributed by atoms with Gasteiger partial charge in [-0.3, -0.25) is 0 Å². The summed E-state index contributed by atoms with van der Waals surface area (Å²) in [6, 6.07) is 0.328. The first kappa shape index (κ1) is 15.4. The zero-order chi connectivity index (χ0) is 13.5. The quantitative estimate of drug-likeness (QED) is 0.773. The summed E-state index contributed by atoms with van der Waals surface area (Å²) in [7, 11) is 1.67. The van der Waals surface area contributed by atoms with Crippen LogP contribution in [0.25, 0.3) is 0 Å². The van der Waals surface area contributed by atoms with Crippen LogP contribution in [0.3, 0.4) is 0 Å². The first-order chi connectivity index (χ1) is 8.62. The third-order valence-electron chi connectivity index (χ3n) is 2.75. The van der Waals surface area contributed by atoms with E-state index < -0.39 is 0 Å². The Kier molecular flexibility index (Phi) is 6.60. The van der Waals surface area contributed by atoms with Crippen molar-refractivity contribution in [3.8, 4) is 0 Å². The Bertz CT molecular complexity index is 354. The SMILES string of the molecule is CCC(CC)N(CCOC)c1nc(Cl)nc(Cl)n1. The lowest BCUT2D eigenvalue weighted by Crippen LogP contribution is -2.38. The van der Waals surface area contributed by atoms with Crippen LogP contribution in [-0.2, 0) is 4.74 Å². The van der Waals surface area contributed by atoms with Gasteiger partial charge in [0.1, 0.15) is 0 Å². The van der Waals surface area contributed by atoms with Gasteiger partial charge in [-0.1, -0.05) is 13.8 Å². The molecule has 0 atom stereocenters. The van der Waals surface area contributed by atoms with Crippen molar-refractivity contribution in [2.45, 2.75) is 32.7 Å². The Balaban J connectivity index is 2.99. The van der Waals surface area contributed by atoms with Crippen molar-refractivity contribution in [3.05, 3.63) is 10.6 Å². The van der Waals surface area contributed by atoms with E-state index in [-0.39, 0.29) is 10.6 Å². The standard InChI is InChI=1S/C11H18Cl2N4O/c1-4-8(5-2)17(6-7-18-3)11-15-9(12)14-10(13)16-11/h8H,4-7H2,1-3H3. The van der Waals surface area contributed by atoms with Gasteiger partial charge in [0.2, 0.25) is 16.5 Å². The molecule has 0 aliphatic heterocycles. The highest BCUT2D eigenvalue weighted by Gasteiger charge is 2.19. The predicted octanol–water partition coefficient (Wildman–Crippen LogP) is 2.82. The second kappa shape index (κ2) is 7.71. The molecule has 1 rings (SSSR count). The number of hydrogen-bond donors (Lipinski definition) is 0. The summed E-state index contributed by atoms with van der Waals surface area (Å²) in [6.07, 6.45) is 1.97. The van der Waals surface area contributed by atoms with E-state index in [0.29, 0.717) is 25.1 Å². The lowest BCUT2D eigenvalue weighted by Gasteiger charge is -2.30. The number of aromatic nitrogens is 3. The highest BCUT2D eigenvalue weighted by molar-refractivity contribution is 6.31. The highest BCUT2D eigenvalue weighted by atomic mass is 35.5. The van der Waals surface area contributed by atoms with Gasteiger partial charge in [0.25, 0.3) is 0 Å². The molecule has 0 unspecified atom stereocenters. The molecule has 0 aromatic carbocycles. The van der Waals surface area contributed by atoms with Crippen LogP contribution in [0.15, 0.2) is 0 Å². The zero-order valence-corrected chi connectivity index (χ0v) is 12.4. The van der Waals surface area contributed by atoms with Gasteiger partial charge in [0.05, 0.1) is 6.61 Å². The molecule has 102 valence electrons. The Labute approximate surface area is 117 Å². The van der Waals surface area contributed by atoms with Crippen LogP contribution in [0.5, 0.6) is 0 Å². The largest absolute Gasteiger partial charge is 0.383 e. The fourth-order valence-electron chi connectivity index (χ4n) is 1.81. The Morgan fingerprint density at radius 1 is 1.11 bits per heavy atom. The zero-order valence-electron chi connectivity index (χ0n) is 10.9. The van der Waals surface area contributed by atoms with Crippen molar-refractivity contribution in [3.63, 3.8) is 0 Å². The molecule has 0 aliphatic carbocycles. The third kappa shape index (κ3) is 4.23. The number of rotatable bonds is 7. The van der Waals surface area contributed by atoms with E-state index in [0.717, 1.165) is 12.8 Å². The van der Waals surface area contributed by atoms with Crippen molar-refractivity contribution < 1.29 is 4.74 Å². The molecule has 0 bridgehead atoms. The molecular formula is C11H18Cl2N4O. The average molecular weight is 293 g/mol. The molecule has 0 amide bonds. The predicted molar refractivity (Wildman–Crippen MR) is 73.4 cm³/mol. The molecule has 0 N–H and O–H groups in total. The highest BCUT2D eigenvalue weighted by Crippen LogP contribution is 2.19. The van der Waals surface area contributed by atoms with Crippen LogP contribution < -0.4 is 4.90 Å². The van der Waals surface area contributed by atoms with Gasteiger partial charge in [-0.2, -0.15) is 15.0 Å². The molecule has 0 saturated carbocycles. The summed E-state index contributed by atoms with van der Waals surface area (Å²) in [5, 5.41) is 0.219. The van der Waals surface area contributed by atoms with Crippen molar-refractivity contribution in [1.82, 2.24) is 15.0 Å². The number of halogens is 2. The van der Waals surface area contributed by atoms with Gasteiger partial charge in [0, 0.05) is 19.7 Å². The van der Waals surface area contributed by atoms with E-state index in [1.165, 1.54) is 0 Å². The summed E-state index contributed by atoms with van der Waals surface area (Å²) < 4.78 is 5.11. The van der Waals surface area contributed by atoms with E-state index in [2.05, 4.69) is 33.7 Å². The van der Waals surface area contributed by atoms with Crippen molar-refractivity contribution in [2.75, 3.05) is 25.2 Å². The number of nitrogens with zero attached hydrogens (tertiary/aromatic N) is 4. The average Bonchev–Trinajstić information content (AvgIpc) is 2.33. The molecule has 18 heavy (non-hydrogen) atoms. The van der Waals surface area contributed by atoms with E-state index in [1.54, 1.807) is 7.11 Å². The molecule has 1 aromatic rings. The summed E-state index contributed by atoms with van der Waals surface area (Å²) in [5.41, 5.74) is 0. The second-order valence-electron chi connectivity index (χ2n) is 3.83. The molecule has 0 aliphatic rings. The fraction of sp³-hybridized carbons (Fsp3) is 0.727. The van der Waals surface area contributed by atoms with Crippen LogP contribution >= 0.6 is 23.2 Å². The summed E-state index contributed by atoms with van der Waals surface area (Å²) in [6.45, 7) is 5.54. The summed E-state index contributed by atoms with van der Waals surface area (Å²) in [4.78, 5) is 14.1. The van der Waals surface area contributed by atoms with Gasteiger partial charge in [-0.25, -0.2) is 0 Å². The Morgan fingerprint density at radius 3 is 2.11 bits per heavy atom. The first-order valence-corrected chi connectivity index (χ1v) is 6.70. The van der Waals surface area contributed by atoms with Gasteiger partial charge in [0.15, 0.2) is 0 Å². The Hall–Kier alpha value is -0.650. The second-order valence-corrected chi connectivity index (χ2v) is 4.51. The maximum atomic E-state index is 5.81. The lowest BCUT2D eigenvalue weighted by molar-refractivity contribution is 0.202. The first-order valence-electron chi connectivity index (χ1n) is 5.95. The normalized spacial score (nSPS) is 11.0. The minimum Gasteiger partial charge on any atom is -0.383 e. The molecule has 5 nitrogen and oxygen atoms in total. The topological polar surface area (TPSA) is 51.1 Å². The molecule has 0 spiro atoms. The molecule has 1 aromatic heterocycles. The van der Waals surface area contributed by atoms with Crippen LogP contribution in [0.4, 0.5) is 5.95 Å². The maximum Gasteiger partial charge on any atom is 0.231 e. The van der Waals surface area contributed by atoms with E-state index in [1.807, 2.05) is 0 Å². The fourth-order valence-corrected chi connectivity index (χ4v) is 2.16. The minimum atomic E-state index is 0.110. The lowest BCUT2D eigenvalue weighted by atomic mass is 10.1. The summed E-state index contributed by atoms with van der Waals surface area (Å²) >= 11 is 11.6. The third-order valence-corrected chi connectivity index (χ3v) is 3.08. The van der Waals surface area contributed by atoms with Gasteiger partial charge < -0.3 is 9.64 Å². The molecule has 7 heteroatoms. The molecule has 0 radical (unpaired) electrons. The van der Waals surface area contributed by atoms with Crippen LogP contribution in [0.1, 0.15) is 26.7 Å². The van der Waals surface area contributed by atoms with Crippen molar-refractivity contribution >= 4 is 29.2 Å². The molecule has 0 saturated heterocycles. The molecule has 1 heterocycles. The van der Waals surface area contributed by atoms with Crippen LogP contribution in [0.2, 0.25) is 10.6 Å². The van der Waals surface area contributed by atoms with Crippen molar-refractivity contribution in [2.24, 2.45) is 0 Å². The molecular weight excluding hydrogens is 275 g/mol. The number of anilines is 1. The number of hydrogen-bond acceptors (Lipinski definition) is 5. The van der Waals surface area contributed by atoms with Gasteiger partial charge in [-0.15, -0.1) is 0 Å². The van der Waals surface area contributed by atoms with Gasteiger partial charge in [-0.05, 0) is 36.0 Å². The van der Waals surface area contributed by atoms with E-state index >= 15 is 0 Å². The number of methoxy groups -OCH3 is 1. The number of ether oxygens (including phenoxy) is 1. The Morgan fingerprint density at radius 2 is 1.67 bits per heavy atom. The van der Waals surface area contributed by atoms with Crippen LogP contribution in [0, 0.1) is 0 Å². The monoisotopic (exact) mass is 292 g/mol. The van der Waals surface area contributed by atoms with Crippen LogP contribution in [-0.4, -0.2) is 41.3 Å².